The maximum Gasteiger partial charge on any atom is 0.262 e. The molecule has 1 amide bonds. The monoisotopic (exact) mass is 249 g/mol. The Kier molecular flexibility index (Phi) is 3.84. The molecule has 1 heterocycles. The number of fused-ring (bicyclic) bond motifs is 1. The lowest BCUT2D eigenvalue weighted by Gasteiger charge is -2.24. The summed E-state index contributed by atoms with van der Waals surface area (Å²) in [7, 11) is 0. The van der Waals surface area contributed by atoms with Crippen LogP contribution in [0.25, 0.3) is 0 Å². The molecule has 98 valence electrons. The van der Waals surface area contributed by atoms with Gasteiger partial charge in [-0.05, 0) is 30.2 Å². The Labute approximate surface area is 106 Å². The number of rotatable bonds is 4. The minimum atomic E-state index is -0.140. The first kappa shape index (κ1) is 12.9. The van der Waals surface area contributed by atoms with Crippen molar-refractivity contribution in [2.24, 2.45) is 17.4 Å². The van der Waals surface area contributed by atoms with E-state index in [0.29, 0.717) is 18.0 Å². The Balaban J connectivity index is 2.25. The van der Waals surface area contributed by atoms with Gasteiger partial charge in [0.25, 0.3) is 5.91 Å². The van der Waals surface area contributed by atoms with Gasteiger partial charge in [-0.25, -0.2) is 0 Å². The topological polar surface area (TPSA) is 90.4 Å². The minimum absolute atomic E-state index is 0.0682. The summed E-state index contributed by atoms with van der Waals surface area (Å²) in [4.78, 5) is 11.3. The average Bonchev–Trinajstić information content (AvgIpc) is 2.39. The molecule has 2 atom stereocenters. The molecule has 1 aliphatic rings. The van der Waals surface area contributed by atoms with Crippen LogP contribution < -0.4 is 21.5 Å². The van der Waals surface area contributed by atoms with Crippen LogP contribution in [0.5, 0.6) is 5.75 Å². The van der Waals surface area contributed by atoms with Gasteiger partial charge in [-0.2, -0.15) is 0 Å². The molecule has 5 heteroatoms. The molecule has 1 aliphatic heterocycles. The zero-order valence-corrected chi connectivity index (χ0v) is 10.5. The van der Waals surface area contributed by atoms with E-state index in [4.69, 9.17) is 16.2 Å². The van der Waals surface area contributed by atoms with Crippen molar-refractivity contribution >= 4 is 11.6 Å². The Morgan fingerprint density at radius 3 is 2.94 bits per heavy atom. The number of hydrogen-bond donors (Lipinski definition) is 3. The van der Waals surface area contributed by atoms with E-state index in [1.54, 1.807) is 0 Å². The first-order valence-electron chi connectivity index (χ1n) is 6.18. The van der Waals surface area contributed by atoms with Gasteiger partial charge in [-0.15, -0.1) is 0 Å². The fourth-order valence-corrected chi connectivity index (χ4v) is 2.15. The van der Waals surface area contributed by atoms with Crippen molar-refractivity contribution in [3.05, 3.63) is 23.8 Å². The molecule has 0 bridgehead atoms. The van der Waals surface area contributed by atoms with Gasteiger partial charge in [-0.1, -0.05) is 19.4 Å². The van der Waals surface area contributed by atoms with Gasteiger partial charge in [0.1, 0.15) is 5.75 Å². The van der Waals surface area contributed by atoms with E-state index in [9.17, 15) is 4.79 Å². The number of ether oxygens (including phenoxy) is 1. The molecule has 1 aromatic carbocycles. The second kappa shape index (κ2) is 5.37. The Morgan fingerprint density at radius 2 is 2.28 bits per heavy atom. The van der Waals surface area contributed by atoms with Crippen LogP contribution in [-0.2, 0) is 4.79 Å². The molecule has 0 aromatic heterocycles. The molecule has 0 radical (unpaired) electrons. The SMILES string of the molecule is CCC(CN)C(N)c1ccc2c(c1)NC(=O)CO2. The van der Waals surface area contributed by atoms with Gasteiger partial charge < -0.3 is 21.5 Å². The van der Waals surface area contributed by atoms with Crippen LogP contribution in [0.4, 0.5) is 5.69 Å². The fourth-order valence-electron chi connectivity index (χ4n) is 2.15. The van der Waals surface area contributed by atoms with Gasteiger partial charge in [-0.3, -0.25) is 4.79 Å². The van der Waals surface area contributed by atoms with Crippen LogP contribution in [0.1, 0.15) is 24.9 Å². The quantitative estimate of drug-likeness (QED) is 0.742. The lowest BCUT2D eigenvalue weighted by Crippen LogP contribution is -2.28. The third-order valence-corrected chi connectivity index (χ3v) is 3.36. The Hall–Kier alpha value is -1.59. The third-order valence-electron chi connectivity index (χ3n) is 3.36. The van der Waals surface area contributed by atoms with E-state index in [0.717, 1.165) is 12.0 Å². The summed E-state index contributed by atoms with van der Waals surface area (Å²) in [6.07, 6.45) is 0.928. The van der Waals surface area contributed by atoms with E-state index in [-0.39, 0.29) is 24.5 Å². The standard InChI is InChI=1S/C13H19N3O2/c1-2-8(6-14)13(15)9-3-4-11-10(5-9)16-12(17)7-18-11/h3-5,8,13H,2,6-7,14-15H2,1H3,(H,16,17). The highest BCUT2D eigenvalue weighted by atomic mass is 16.5. The Bertz CT molecular complexity index is 444. The molecule has 0 saturated carbocycles. The highest BCUT2D eigenvalue weighted by Gasteiger charge is 2.20. The van der Waals surface area contributed by atoms with Gasteiger partial charge in [0.2, 0.25) is 0 Å². The summed E-state index contributed by atoms with van der Waals surface area (Å²) >= 11 is 0. The molecular formula is C13H19N3O2. The largest absolute Gasteiger partial charge is 0.482 e. The molecule has 18 heavy (non-hydrogen) atoms. The molecule has 2 unspecified atom stereocenters. The molecule has 0 spiro atoms. The smallest absolute Gasteiger partial charge is 0.262 e. The van der Waals surface area contributed by atoms with Crippen LogP contribution in [0, 0.1) is 5.92 Å². The van der Waals surface area contributed by atoms with Gasteiger partial charge in [0, 0.05) is 6.04 Å². The summed E-state index contributed by atoms with van der Waals surface area (Å²) in [6, 6.07) is 5.52. The highest BCUT2D eigenvalue weighted by molar-refractivity contribution is 5.95. The number of benzene rings is 1. The van der Waals surface area contributed by atoms with Crippen molar-refractivity contribution in [1.29, 1.82) is 0 Å². The Morgan fingerprint density at radius 1 is 1.50 bits per heavy atom. The van der Waals surface area contributed by atoms with E-state index in [1.807, 2.05) is 18.2 Å². The molecule has 2 rings (SSSR count). The first-order chi connectivity index (χ1) is 8.65. The molecule has 0 aliphatic carbocycles. The van der Waals surface area contributed by atoms with Gasteiger partial charge in [0.05, 0.1) is 5.69 Å². The second-order valence-electron chi connectivity index (χ2n) is 4.52. The predicted molar refractivity (Wildman–Crippen MR) is 70.3 cm³/mol. The maximum atomic E-state index is 11.3. The van der Waals surface area contributed by atoms with Crippen molar-refractivity contribution in [2.45, 2.75) is 19.4 Å². The van der Waals surface area contributed by atoms with Crippen LogP contribution in [0.3, 0.4) is 0 Å². The fraction of sp³-hybridized carbons (Fsp3) is 0.462. The molecule has 0 fully saturated rings. The first-order valence-corrected chi connectivity index (χ1v) is 6.18. The van der Waals surface area contributed by atoms with Crippen molar-refractivity contribution in [3.63, 3.8) is 0 Å². The number of nitrogens with two attached hydrogens (primary N) is 2. The van der Waals surface area contributed by atoms with Crippen molar-refractivity contribution in [2.75, 3.05) is 18.5 Å². The molecular weight excluding hydrogens is 230 g/mol. The van der Waals surface area contributed by atoms with Crippen LogP contribution >= 0.6 is 0 Å². The lowest BCUT2D eigenvalue weighted by molar-refractivity contribution is -0.118. The number of carbonyl (C=O) groups excluding carboxylic acids is 1. The van der Waals surface area contributed by atoms with Crippen molar-refractivity contribution in [3.8, 4) is 5.75 Å². The summed E-state index contributed by atoms with van der Waals surface area (Å²) in [6.45, 7) is 2.69. The predicted octanol–water partition coefficient (Wildman–Crippen LogP) is 1.00. The van der Waals surface area contributed by atoms with Gasteiger partial charge in [0.15, 0.2) is 6.61 Å². The molecule has 5 nitrogen and oxygen atoms in total. The number of hydrogen-bond acceptors (Lipinski definition) is 4. The number of amides is 1. The van der Waals surface area contributed by atoms with E-state index >= 15 is 0 Å². The van der Waals surface area contributed by atoms with E-state index in [2.05, 4.69) is 12.2 Å². The van der Waals surface area contributed by atoms with E-state index in [1.165, 1.54) is 0 Å². The van der Waals surface area contributed by atoms with Gasteiger partial charge >= 0.3 is 0 Å². The zero-order chi connectivity index (χ0) is 13.1. The molecule has 0 saturated heterocycles. The number of carbonyl (C=O) groups is 1. The molecule has 1 aromatic rings. The average molecular weight is 249 g/mol. The normalized spacial score (nSPS) is 17.4. The second-order valence-corrected chi connectivity index (χ2v) is 4.52. The molecule has 5 N–H and O–H groups in total. The summed E-state index contributed by atoms with van der Waals surface area (Å²) < 4.78 is 5.31. The van der Waals surface area contributed by atoms with Crippen LogP contribution in [0.2, 0.25) is 0 Å². The third kappa shape index (κ3) is 2.47. The van der Waals surface area contributed by atoms with Crippen molar-refractivity contribution in [1.82, 2.24) is 0 Å². The van der Waals surface area contributed by atoms with Crippen LogP contribution in [0.15, 0.2) is 18.2 Å². The number of anilines is 1. The minimum Gasteiger partial charge on any atom is -0.482 e. The summed E-state index contributed by atoms with van der Waals surface area (Å²) in [5.41, 5.74) is 13.6. The summed E-state index contributed by atoms with van der Waals surface area (Å²) in [5.74, 6) is 0.786. The lowest BCUT2D eigenvalue weighted by atomic mass is 9.91. The maximum absolute atomic E-state index is 11.3. The highest BCUT2D eigenvalue weighted by Crippen LogP contribution is 2.32. The number of nitrogens with one attached hydrogen (secondary N) is 1. The van der Waals surface area contributed by atoms with Crippen molar-refractivity contribution < 1.29 is 9.53 Å². The summed E-state index contributed by atoms with van der Waals surface area (Å²) in [5, 5.41) is 2.78. The zero-order valence-electron chi connectivity index (χ0n) is 10.5. The van der Waals surface area contributed by atoms with Crippen LogP contribution in [-0.4, -0.2) is 19.1 Å². The van der Waals surface area contributed by atoms with E-state index < -0.39 is 0 Å².